The van der Waals surface area contributed by atoms with Crippen molar-refractivity contribution in [2.45, 2.75) is 39.7 Å². The number of carbonyl (C=O) groups excluding carboxylic acids is 1. The molecule has 0 aliphatic rings. The summed E-state index contributed by atoms with van der Waals surface area (Å²) >= 11 is 0. The van der Waals surface area contributed by atoms with Crippen molar-refractivity contribution in [2.75, 3.05) is 19.6 Å². The Labute approximate surface area is 93.0 Å². The minimum atomic E-state index is -0.233. The molecule has 0 radical (unpaired) electrons. The molecule has 4 N–H and O–H groups in total. The maximum absolute atomic E-state index is 11.0. The average molecular weight is 215 g/mol. The molecule has 0 aromatic rings. The molecule has 0 fully saturated rings. The molecule has 0 saturated carbocycles. The number of nitrogens with two attached hydrogens (primary N) is 2. The smallest absolute Gasteiger partial charge is 0.221 e. The predicted molar refractivity (Wildman–Crippen MR) is 63.4 cm³/mol. The number of hydrogen-bond donors (Lipinski definition) is 2. The van der Waals surface area contributed by atoms with Crippen molar-refractivity contribution in [1.82, 2.24) is 4.90 Å². The minimum Gasteiger partial charge on any atom is -0.369 e. The first-order valence-corrected chi connectivity index (χ1v) is 5.80. The van der Waals surface area contributed by atoms with Gasteiger partial charge in [0, 0.05) is 31.6 Å². The SMILES string of the molecule is CCC(CC)N(CCN)CC(C)C(N)=O. The van der Waals surface area contributed by atoms with E-state index in [1.54, 1.807) is 0 Å². The zero-order valence-electron chi connectivity index (χ0n) is 10.2. The van der Waals surface area contributed by atoms with E-state index in [1.807, 2.05) is 6.92 Å². The lowest BCUT2D eigenvalue weighted by Crippen LogP contribution is -2.43. The van der Waals surface area contributed by atoms with Gasteiger partial charge in [0.05, 0.1) is 0 Å². The molecule has 15 heavy (non-hydrogen) atoms. The third kappa shape index (κ3) is 5.14. The molecule has 0 rings (SSSR count). The Balaban J connectivity index is 4.30. The van der Waals surface area contributed by atoms with Crippen LogP contribution in [0.1, 0.15) is 33.6 Å². The van der Waals surface area contributed by atoms with E-state index in [0.29, 0.717) is 12.6 Å². The Morgan fingerprint density at radius 3 is 2.20 bits per heavy atom. The predicted octanol–water partition coefficient (Wildman–Crippen LogP) is 0.557. The van der Waals surface area contributed by atoms with Crippen molar-refractivity contribution < 1.29 is 4.79 Å². The molecular weight excluding hydrogens is 190 g/mol. The van der Waals surface area contributed by atoms with E-state index >= 15 is 0 Å². The summed E-state index contributed by atoms with van der Waals surface area (Å²) in [5, 5.41) is 0. The molecule has 0 saturated heterocycles. The molecule has 4 nitrogen and oxygen atoms in total. The number of nitrogens with zero attached hydrogens (tertiary/aromatic N) is 1. The van der Waals surface area contributed by atoms with Gasteiger partial charge >= 0.3 is 0 Å². The van der Waals surface area contributed by atoms with Crippen LogP contribution in [0.15, 0.2) is 0 Å². The van der Waals surface area contributed by atoms with Gasteiger partial charge in [-0.05, 0) is 12.8 Å². The van der Waals surface area contributed by atoms with Gasteiger partial charge in [0.25, 0.3) is 0 Å². The van der Waals surface area contributed by atoms with Crippen molar-refractivity contribution in [3.63, 3.8) is 0 Å². The number of rotatable bonds is 8. The van der Waals surface area contributed by atoms with Gasteiger partial charge in [-0.3, -0.25) is 9.69 Å². The van der Waals surface area contributed by atoms with Crippen LogP contribution in [0.5, 0.6) is 0 Å². The highest BCUT2D eigenvalue weighted by molar-refractivity contribution is 5.76. The number of primary amides is 1. The van der Waals surface area contributed by atoms with Gasteiger partial charge in [-0.2, -0.15) is 0 Å². The van der Waals surface area contributed by atoms with Gasteiger partial charge < -0.3 is 11.5 Å². The van der Waals surface area contributed by atoms with Crippen LogP contribution < -0.4 is 11.5 Å². The van der Waals surface area contributed by atoms with Crippen molar-refractivity contribution in [1.29, 1.82) is 0 Å². The van der Waals surface area contributed by atoms with Crippen molar-refractivity contribution in [3.05, 3.63) is 0 Å². The van der Waals surface area contributed by atoms with Crippen LogP contribution in [0.25, 0.3) is 0 Å². The Bertz CT molecular complexity index is 181. The second kappa shape index (κ2) is 7.65. The summed E-state index contributed by atoms with van der Waals surface area (Å²) in [7, 11) is 0. The van der Waals surface area contributed by atoms with Crippen LogP contribution in [0.4, 0.5) is 0 Å². The fourth-order valence-corrected chi connectivity index (χ4v) is 1.84. The quantitative estimate of drug-likeness (QED) is 0.621. The van der Waals surface area contributed by atoms with Gasteiger partial charge in [-0.25, -0.2) is 0 Å². The van der Waals surface area contributed by atoms with Crippen LogP contribution in [0.2, 0.25) is 0 Å². The minimum absolute atomic E-state index is 0.0999. The van der Waals surface area contributed by atoms with Crippen LogP contribution in [0.3, 0.4) is 0 Å². The van der Waals surface area contributed by atoms with Crippen LogP contribution >= 0.6 is 0 Å². The van der Waals surface area contributed by atoms with E-state index in [-0.39, 0.29) is 11.8 Å². The fraction of sp³-hybridized carbons (Fsp3) is 0.909. The van der Waals surface area contributed by atoms with Crippen molar-refractivity contribution in [2.24, 2.45) is 17.4 Å². The number of hydrogen-bond acceptors (Lipinski definition) is 3. The molecule has 0 spiro atoms. The van der Waals surface area contributed by atoms with Crippen LogP contribution in [-0.2, 0) is 4.79 Å². The van der Waals surface area contributed by atoms with E-state index in [2.05, 4.69) is 18.7 Å². The summed E-state index contributed by atoms with van der Waals surface area (Å²) in [6.45, 7) is 8.37. The summed E-state index contributed by atoms with van der Waals surface area (Å²) in [5.74, 6) is -0.333. The molecule has 0 aliphatic carbocycles. The summed E-state index contributed by atoms with van der Waals surface area (Å²) in [6, 6.07) is 0.510. The van der Waals surface area contributed by atoms with Gasteiger partial charge in [-0.15, -0.1) is 0 Å². The Hall–Kier alpha value is -0.610. The largest absolute Gasteiger partial charge is 0.369 e. The Kier molecular flexibility index (Phi) is 7.34. The Morgan fingerprint density at radius 1 is 1.33 bits per heavy atom. The maximum Gasteiger partial charge on any atom is 0.221 e. The first-order chi connectivity index (χ1) is 7.06. The molecule has 1 unspecified atom stereocenters. The second-order valence-electron chi connectivity index (χ2n) is 4.06. The zero-order chi connectivity index (χ0) is 11.8. The lowest BCUT2D eigenvalue weighted by Gasteiger charge is -2.31. The van der Waals surface area contributed by atoms with Crippen molar-refractivity contribution >= 4 is 5.91 Å². The topological polar surface area (TPSA) is 72.3 Å². The van der Waals surface area contributed by atoms with Gasteiger partial charge in [0.2, 0.25) is 5.91 Å². The molecule has 1 amide bonds. The Morgan fingerprint density at radius 2 is 1.87 bits per heavy atom. The normalized spacial score (nSPS) is 13.5. The average Bonchev–Trinajstić information content (AvgIpc) is 2.19. The van der Waals surface area contributed by atoms with Crippen LogP contribution in [-0.4, -0.2) is 36.5 Å². The van der Waals surface area contributed by atoms with E-state index in [1.165, 1.54) is 0 Å². The number of carbonyl (C=O) groups is 1. The first kappa shape index (κ1) is 14.4. The fourth-order valence-electron chi connectivity index (χ4n) is 1.84. The highest BCUT2D eigenvalue weighted by Gasteiger charge is 2.19. The van der Waals surface area contributed by atoms with Crippen molar-refractivity contribution in [3.8, 4) is 0 Å². The van der Waals surface area contributed by atoms with E-state index < -0.39 is 0 Å². The molecular formula is C11H25N3O. The van der Waals surface area contributed by atoms with E-state index in [0.717, 1.165) is 25.9 Å². The summed E-state index contributed by atoms with van der Waals surface area (Å²) < 4.78 is 0. The second-order valence-corrected chi connectivity index (χ2v) is 4.06. The van der Waals surface area contributed by atoms with Gasteiger partial charge in [0.1, 0.15) is 0 Å². The number of amides is 1. The molecule has 90 valence electrons. The third-order valence-corrected chi connectivity index (χ3v) is 2.87. The molecule has 0 aliphatic heterocycles. The standard InChI is InChI=1S/C11H25N3O/c1-4-10(5-2)14(7-6-12)8-9(3)11(13)15/h9-10H,4-8,12H2,1-3H3,(H2,13,15). The highest BCUT2D eigenvalue weighted by Crippen LogP contribution is 2.10. The molecule has 0 bridgehead atoms. The van der Waals surface area contributed by atoms with E-state index in [4.69, 9.17) is 11.5 Å². The lowest BCUT2D eigenvalue weighted by molar-refractivity contribution is -0.122. The molecule has 1 atom stereocenters. The third-order valence-electron chi connectivity index (χ3n) is 2.87. The summed E-state index contributed by atoms with van der Waals surface area (Å²) in [4.78, 5) is 13.3. The van der Waals surface area contributed by atoms with Gasteiger partial charge in [-0.1, -0.05) is 20.8 Å². The molecule has 0 aromatic heterocycles. The first-order valence-electron chi connectivity index (χ1n) is 5.80. The molecule has 4 heteroatoms. The zero-order valence-corrected chi connectivity index (χ0v) is 10.2. The maximum atomic E-state index is 11.0. The lowest BCUT2D eigenvalue weighted by atomic mass is 10.1. The van der Waals surface area contributed by atoms with Gasteiger partial charge in [0.15, 0.2) is 0 Å². The summed E-state index contributed by atoms with van der Waals surface area (Å²) in [6.07, 6.45) is 2.17. The summed E-state index contributed by atoms with van der Waals surface area (Å²) in [5.41, 5.74) is 10.8. The molecule has 0 heterocycles. The van der Waals surface area contributed by atoms with Crippen LogP contribution in [0, 0.1) is 5.92 Å². The van der Waals surface area contributed by atoms with E-state index in [9.17, 15) is 4.79 Å². The highest BCUT2D eigenvalue weighted by atomic mass is 16.1. The molecule has 0 aromatic carbocycles. The monoisotopic (exact) mass is 215 g/mol.